The monoisotopic (exact) mass is 244 g/mol. The predicted molar refractivity (Wildman–Crippen MR) is 75.3 cm³/mol. The van der Waals surface area contributed by atoms with E-state index in [1.165, 1.54) is 19.3 Å². The number of hydrogen-bond acceptors (Lipinski definition) is 3. The highest BCUT2D eigenvalue weighted by atomic mass is 16.5. The zero-order valence-electron chi connectivity index (χ0n) is 12.5. The van der Waals surface area contributed by atoms with Crippen molar-refractivity contribution in [2.24, 2.45) is 5.73 Å². The van der Waals surface area contributed by atoms with Crippen LogP contribution in [0.1, 0.15) is 53.4 Å². The van der Waals surface area contributed by atoms with E-state index in [1.807, 2.05) is 0 Å². The van der Waals surface area contributed by atoms with Crippen molar-refractivity contribution in [3.05, 3.63) is 0 Å². The summed E-state index contributed by atoms with van der Waals surface area (Å²) in [5, 5.41) is 0. The summed E-state index contributed by atoms with van der Waals surface area (Å²) in [6, 6.07) is 0.519. The van der Waals surface area contributed by atoms with Gasteiger partial charge in [-0.05, 0) is 33.2 Å². The number of unbranched alkanes of at least 4 members (excludes halogenated alkanes) is 2. The first-order valence-corrected chi connectivity index (χ1v) is 7.03. The van der Waals surface area contributed by atoms with E-state index in [0.29, 0.717) is 12.6 Å². The number of hydrogen-bond donors (Lipinski definition) is 1. The highest BCUT2D eigenvalue weighted by Gasteiger charge is 2.35. The van der Waals surface area contributed by atoms with Crippen LogP contribution < -0.4 is 5.73 Å². The summed E-state index contributed by atoms with van der Waals surface area (Å²) in [6.45, 7) is 11.5. The molecule has 0 aromatic heterocycles. The molecule has 0 aromatic rings. The third kappa shape index (κ3) is 4.94. The van der Waals surface area contributed by atoms with E-state index in [0.717, 1.165) is 19.6 Å². The van der Waals surface area contributed by atoms with Gasteiger partial charge in [-0.3, -0.25) is 4.90 Å². The second-order valence-electron chi connectivity index (χ2n) is 5.21. The van der Waals surface area contributed by atoms with Crippen molar-refractivity contribution in [2.45, 2.75) is 65.0 Å². The van der Waals surface area contributed by atoms with Crippen molar-refractivity contribution in [1.29, 1.82) is 0 Å². The van der Waals surface area contributed by atoms with Gasteiger partial charge in [0.05, 0.1) is 12.1 Å². The second kappa shape index (κ2) is 8.90. The van der Waals surface area contributed by atoms with Gasteiger partial charge in [0.1, 0.15) is 0 Å². The molecule has 0 fully saturated rings. The molecule has 0 aliphatic carbocycles. The lowest BCUT2D eigenvalue weighted by molar-refractivity contribution is -0.00793. The third-order valence-electron chi connectivity index (χ3n) is 3.69. The summed E-state index contributed by atoms with van der Waals surface area (Å²) in [5.41, 5.74) is 6.04. The van der Waals surface area contributed by atoms with E-state index in [2.05, 4.69) is 32.6 Å². The minimum atomic E-state index is 0.0106. The first kappa shape index (κ1) is 16.9. The normalized spacial score (nSPS) is 15.5. The molecule has 0 saturated heterocycles. The summed E-state index contributed by atoms with van der Waals surface area (Å²) < 4.78 is 5.40. The minimum absolute atomic E-state index is 0.0106. The third-order valence-corrected chi connectivity index (χ3v) is 3.69. The molecule has 0 aliphatic rings. The van der Waals surface area contributed by atoms with Crippen LogP contribution >= 0.6 is 0 Å². The maximum atomic E-state index is 6.03. The summed E-state index contributed by atoms with van der Waals surface area (Å²) in [6.07, 6.45) is 4.85. The summed E-state index contributed by atoms with van der Waals surface area (Å²) in [7, 11) is 1.77. The van der Waals surface area contributed by atoms with E-state index >= 15 is 0 Å². The highest BCUT2D eigenvalue weighted by molar-refractivity contribution is 4.92. The number of ether oxygens (including phenoxy) is 1. The van der Waals surface area contributed by atoms with E-state index in [9.17, 15) is 0 Å². The van der Waals surface area contributed by atoms with Crippen LogP contribution in [-0.4, -0.2) is 43.3 Å². The van der Waals surface area contributed by atoms with Gasteiger partial charge in [-0.2, -0.15) is 0 Å². The number of methoxy groups -OCH3 is 1. The Hall–Kier alpha value is -0.120. The van der Waals surface area contributed by atoms with Crippen molar-refractivity contribution in [2.75, 3.05) is 26.8 Å². The van der Waals surface area contributed by atoms with Crippen LogP contribution in [0.5, 0.6) is 0 Å². The van der Waals surface area contributed by atoms with Crippen molar-refractivity contribution < 1.29 is 4.74 Å². The highest BCUT2D eigenvalue weighted by Crippen LogP contribution is 2.23. The summed E-state index contributed by atoms with van der Waals surface area (Å²) in [4.78, 5) is 2.53. The molecular formula is C14H32N2O. The molecule has 1 atom stereocenters. The predicted octanol–water partition coefficient (Wildman–Crippen LogP) is 2.64. The maximum absolute atomic E-state index is 6.03. The molecule has 17 heavy (non-hydrogen) atoms. The van der Waals surface area contributed by atoms with Crippen molar-refractivity contribution in [3.63, 3.8) is 0 Å². The van der Waals surface area contributed by atoms with Gasteiger partial charge in [0, 0.05) is 19.7 Å². The zero-order valence-corrected chi connectivity index (χ0v) is 12.5. The molecule has 0 aromatic carbocycles. The molecule has 3 heteroatoms. The van der Waals surface area contributed by atoms with E-state index in [1.54, 1.807) is 7.11 Å². The first-order valence-electron chi connectivity index (χ1n) is 7.03. The fourth-order valence-electron chi connectivity index (χ4n) is 2.55. The average molecular weight is 244 g/mol. The zero-order chi connectivity index (χ0) is 13.3. The Balaban J connectivity index is 4.69. The van der Waals surface area contributed by atoms with Gasteiger partial charge in [0.15, 0.2) is 0 Å². The molecule has 0 aliphatic heterocycles. The lowest BCUT2D eigenvalue weighted by atomic mass is 9.92. The van der Waals surface area contributed by atoms with Crippen LogP contribution in [0.2, 0.25) is 0 Å². The molecule has 0 bridgehead atoms. The minimum Gasteiger partial charge on any atom is -0.383 e. The second-order valence-corrected chi connectivity index (χ2v) is 5.21. The fraction of sp³-hybridized carbons (Fsp3) is 1.00. The molecule has 0 spiro atoms. The molecule has 1 unspecified atom stereocenters. The molecular weight excluding hydrogens is 212 g/mol. The Morgan fingerprint density at radius 1 is 1.24 bits per heavy atom. The first-order chi connectivity index (χ1) is 8.07. The van der Waals surface area contributed by atoms with Gasteiger partial charge >= 0.3 is 0 Å². The van der Waals surface area contributed by atoms with Crippen LogP contribution in [0.25, 0.3) is 0 Å². The lowest BCUT2D eigenvalue weighted by Crippen LogP contribution is -2.59. The lowest BCUT2D eigenvalue weighted by Gasteiger charge is -2.45. The molecule has 104 valence electrons. The molecule has 0 amide bonds. The molecule has 0 saturated carbocycles. The maximum Gasteiger partial charge on any atom is 0.0659 e. The molecule has 0 radical (unpaired) electrons. The summed E-state index contributed by atoms with van der Waals surface area (Å²) >= 11 is 0. The summed E-state index contributed by atoms with van der Waals surface area (Å²) in [5.74, 6) is 0. The molecule has 3 nitrogen and oxygen atoms in total. The van der Waals surface area contributed by atoms with Crippen molar-refractivity contribution in [3.8, 4) is 0 Å². The van der Waals surface area contributed by atoms with E-state index in [-0.39, 0.29) is 5.54 Å². The van der Waals surface area contributed by atoms with Crippen LogP contribution in [0, 0.1) is 0 Å². The quantitative estimate of drug-likeness (QED) is 0.600. The van der Waals surface area contributed by atoms with Crippen molar-refractivity contribution in [1.82, 2.24) is 4.90 Å². The largest absolute Gasteiger partial charge is 0.383 e. The van der Waals surface area contributed by atoms with Crippen molar-refractivity contribution >= 4 is 0 Å². The molecule has 0 heterocycles. The fourth-order valence-corrected chi connectivity index (χ4v) is 2.55. The van der Waals surface area contributed by atoms with E-state index in [4.69, 9.17) is 10.5 Å². The average Bonchev–Trinajstić information content (AvgIpc) is 2.32. The smallest absolute Gasteiger partial charge is 0.0659 e. The van der Waals surface area contributed by atoms with Gasteiger partial charge in [-0.1, -0.05) is 26.7 Å². The van der Waals surface area contributed by atoms with Crippen LogP contribution in [0.15, 0.2) is 0 Å². The number of nitrogens with zero attached hydrogens (tertiary/aromatic N) is 1. The molecule has 2 N–H and O–H groups in total. The Bertz CT molecular complexity index is 179. The topological polar surface area (TPSA) is 38.5 Å². The van der Waals surface area contributed by atoms with Crippen LogP contribution in [0.4, 0.5) is 0 Å². The van der Waals surface area contributed by atoms with Gasteiger partial charge in [0.2, 0.25) is 0 Å². The molecule has 0 rings (SSSR count). The Labute approximate surface area is 108 Å². The van der Waals surface area contributed by atoms with Crippen LogP contribution in [0.3, 0.4) is 0 Å². The van der Waals surface area contributed by atoms with Crippen LogP contribution in [-0.2, 0) is 4.74 Å². The van der Waals surface area contributed by atoms with Gasteiger partial charge in [-0.15, -0.1) is 0 Å². The Morgan fingerprint density at radius 3 is 2.24 bits per heavy atom. The van der Waals surface area contributed by atoms with Gasteiger partial charge in [0.25, 0.3) is 0 Å². The Kier molecular flexibility index (Phi) is 8.83. The number of rotatable bonds is 10. The van der Waals surface area contributed by atoms with Gasteiger partial charge in [-0.25, -0.2) is 0 Å². The Morgan fingerprint density at radius 2 is 1.88 bits per heavy atom. The standard InChI is InChI=1S/C14H32N2O/c1-6-8-9-10-16(13(3)4)14(7-2,11-15)12-17-5/h13H,6-12,15H2,1-5H3. The van der Waals surface area contributed by atoms with Gasteiger partial charge < -0.3 is 10.5 Å². The SMILES string of the molecule is CCCCCN(C(C)C)C(CC)(CN)COC. The van der Waals surface area contributed by atoms with E-state index < -0.39 is 0 Å². The number of nitrogens with two attached hydrogens (primary N) is 1.